The lowest BCUT2D eigenvalue weighted by Crippen LogP contribution is -1.96. The summed E-state index contributed by atoms with van der Waals surface area (Å²) in [5, 5.41) is 7.67. The van der Waals surface area contributed by atoms with Gasteiger partial charge in [0.1, 0.15) is 11.5 Å². The van der Waals surface area contributed by atoms with Crippen LogP contribution in [0.1, 0.15) is 5.56 Å². The van der Waals surface area contributed by atoms with Crippen LogP contribution >= 0.6 is 0 Å². The lowest BCUT2D eigenvalue weighted by atomic mass is 10.2. The Morgan fingerprint density at radius 2 is 1.43 bits per heavy atom. The van der Waals surface area contributed by atoms with Crippen LogP contribution in [0, 0.1) is 6.92 Å². The first-order valence-electron chi connectivity index (χ1n) is 6.39. The molecule has 0 saturated carbocycles. The molecular weight excluding hydrogens is 272 g/mol. The molecule has 21 heavy (non-hydrogen) atoms. The van der Waals surface area contributed by atoms with Crippen molar-refractivity contribution in [2.75, 3.05) is 21.3 Å². The average molecular weight is 291 g/mol. The van der Waals surface area contributed by atoms with E-state index in [0.717, 1.165) is 5.56 Å². The highest BCUT2D eigenvalue weighted by atomic mass is 16.5. The molecule has 0 fully saturated rings. The van der Waals surface area contributed by atoms with Crippen molar-refractivity contribution in [3.63, 3.8) is 0 Å². The van der Waals surface area contributed by atoms with E-state index in [-0.39, 0.29) is 0 Å². The third-order valence-electron chi connectivity index (χ3n) is 3.05. The van der Waals surface area contributed by atoms with Gasteiger partial charge in [0.05, 0.1) is 27.4 Å². The van der Waals surface area contributed by atoms with Crippen molar-refractivity contribution >= 4 is 0 Å². The minimum absolute atomic E-state index is 0.392. The fourth-order valence-electron chi connectivity index (χ4n) is 1.95. The van der Waals surface area contributed by atoms with Crippen molar-refractivity contribution in [3.05, 3.63) is 35.9 Å². The molecule has 0 heterocycles. The molecule has 0 aliphatic rings. The Kier molecular flexibility index (Phi) is 4.42. The van der Waals surface area contributed by atoms with Crippen LogP contribution in [0.5, 0.6) is 34.5 Å². The van der Waals surface area contributed by atoms with Crippen LogP contribution in [0.4, 0.5) is 0 Å². The number of rotatable bonds is 5. The van der Waals surface area contributed by atoms with E-state index in [1.807, 2.05) is 13.0 Å². The molecule has 0 amide bonds. The second-order valence-electron chi connectivity index (χ2n) is 4.44. The molecule has 5 nitrogen and oxygen atoms in total. The molecule has 112 valence electrons. The van der Waals surface area contributed by atoms with Crippen LogP contribution in [0.25, 0.3) is 0 Å². The Balaban J connectivity index is 2.42. The molecule has 5 heteroatoms. The maximum absolute atomic E-state index is 7.67. The molecule has 2 aromatic rings. The summed E-state index contributed by atoms with van der Waals surface area (Å²) in [5.41, 5.74) is 0.944. The first-order chi connectivity index (χ1) is 10.1. The van der Waals surface area contributed by atoms with E-state index in [9.17, 15) is 0 Å². The standard InChI is InChI=1S/C16H18O5/c1-10-5-6-11(17)7-13(10)21-12-8-14(18-2)16(20-4)15(9-12)19-3/h5-9,17H,1-4H3/p+1. The highest BCUT2D eigenvalue weighted by Gasteiger charge is 2.15. The third-order valence-corrected chi connectivity index (χ3v) is 3.05. The van der Waals surface area contributed by atoms with E-state index in [4.69, 9.17) is 24.1 Å². The van der Waals surface area contributed by atoms with Crippen molar-refractivity contribution in [1.29, 1.82) is 0 Å². The smallest absolute Gasteiger partial charge is 0.257 e. The second-order valence-corrected chi connectivity index (χ2v) is 4.44. The average Bonchev–Trinajstić information content (AvgIpc) is 2.49. The number of benzene rings is 2. The van der Waals surface area contributed by atoms with Crippen molar-refractivity contribution < 1.29 is 24.1 Å². The van der Waals surface area contributed by atoms with Gasteiger partial charge >= 0.3 is 0 Å². The second kappa shape index (κ2) is 6.26. The first-order valence-corrected chi connectivity index (χ1v) is 6.39. The van der Waals surface area contributed by atoms with Crippen LogP contribution in [0.3, 0.4) is 0 Å². The van der Waals surface area contributed by atoms with E-state index in [0.29, 0.717) is 34.5 Å². The summed E-state index contributed by atoms with van der Waals surface area (Å²) in [6.45, 7) is 1.92. The zero-order valence-corrected chi connectivity index (χ0v) is 12.5. The predicted octanol–water partition coefficient (Wildman–Crippen LogP) is 3.25. The summed E-state index contributed by atoms with van der Waals surface area (Å²) in [6, 6.07) is 8.67. The highest BCUT2D eigenvalue weighted by Crippen LogP contribution is 2.42. The molecule has 0 aromatic heterocycles. The van der Waals surface area contributed by atoms with E-state index in [1.165, 1.54) is 0 Å². The van der Waals surface area contributed by atoms with Crippen molar-refractivity contribution in [1.82, 2.24) is 0 Å². The largest absolute Gasteiger partial charge is 0.593 e. The molecule has 0 unspecified atom stereocenters. The predicted molar refractivity (Wildman–Crippen MR) is 80.4 cm³/mol. The minimum atomic E-state index is 0.392. The Labute approximate surface area is 123 Å². The minimum Gasteiger partial charge on any atom is -0.593 e. The third kappa shape index (κ3) is 3.13. The zero-order chi connectivity index (χ0) is 15.4. The maximum atomic E-state index is 7.67. The van der Waals surface area contributed by atoms with Crippen molar-refractivity contribution in [3.8, 4) is 34.5 Å². The molecule has 0 bridgehead atoms. The van der Waals surface area contributed by atoms with Crippen LogP contribution in [-0.4, -0.2) is 26.4 Å². The number of hydrogen-bond donors (Lipinski definition) is 0. The van der Waals surface area contributed by atoms with Gasteiger partial charge in [-0.25, -0.2) is 0 Å². The van der Waals surface area contributed by atoms with Crippen LogP contribution in [-0.2, 0) is 0 Å². The molecule has 0 radical (unpaired) electrons. The molecule has 2 rings (SSSR count). The van der Waals surface area contributed by atoms with Gasteiger partial charge < -0.3 is 24.1 Å². The molecule has 0 saturated heterocycles. The topological polar surface area (TPSA) is 59.8 Å². The van der Waals surface area contributed by atoms with Gasteiger partial charge in [0, 0.05) is 18.2 Å². The fraction of sp³-hybridized carbons (Fsp3) is 0.250. The quantitative estimate of drug-likeness (QED) is 0.793. The lowest BCUT2D eigenvalue weighted by molar-refractivity contribution is 0.321. The molecule has 2 aromatic carbocycles. The van der Waals surface area contributed by atoms with E-state index >= 15 is 0 Å². The van der Waals surface area contributed by atoms with Gasteiger partial charge in [0.25, 0.3) is 5.75 Å². The van der Waals surface area contributed by atoms with Gasteiger partial charge in [-0.15, -0.1) is 0 Å². The normalized spacial score (nSPS) is 10.1. The van der Waals surface area contributed by atoms with E-state index in [1.54, 1.807) is 45.6 Å². The number of aryl methyl sites for hydroxylation is 1. The molecule has 0 aliphatic carbocycles. The van der Waals surface area contributed by atoms with Gasteiger partial charge in [0.2, 0.25) is 5.75 Å². The van der Waals surface area contributed by atoms with Gasteiger partial charge in [-0.3, -0.25) is 0 Å². The summed E-state index contributed by atoms with van der Waals surface area (Å²) < 4.78 is 21.7. The molecule has 0 spiro atoms. The first kappa shape index (κ1) is 14.8. The van der Waals surface area contributed by atoms with Crippen LogP contribution in [0.2, 0.25) is 0 Å². The maximum Gasteiger partial charge on any atom is 0.257 e. The Morgan fingerprint density at radius 1 is 0.810 bits per heavy atom. The van der Waals surface area contributed by atoms with Crippen LogP contribution < -0.4 is 18.9 Å². The Hall–Kier alpha value is -2.56. The summed E-state index contributed by atoms with van der Waals surface area (Å²) in [4.78, 5) is 0. The molecule has 0 atom stereocenters. The van der Waals surface area contributed by atoms with Gasteiger partial charge in [-0.1, -0.05) is 0 Å². The van der Waals surface area contributed by atoms with Crippen LogP contribution in [0.15, 0.2) is 30.3 Å². The SMILES string of the molecule is COc1cc(Oc2cc([OH2+])ccc2C)cc(OC)c1OC. The Morgan fingerprint density at radius 3 is 1.95 bits per heavy atom. The molecular formula is C16H19O5+. The summed E-state index contributed by atoms with van der Waals surface area (Å²) >= 11 is 0. The number of ether oxygens (including phenoxy) is 4. The zero-order valence-electron chi connectivity index (χ0n) is 12.5. The van der Waals surface area contributed by atoms with E-state index in [2.05, 4.69) is 0 Å². The van der Waals surface area contributed by atoms with Gasteiger partial charge in [-0.05, 0) is 18.6 Å². The molecule has 0 aliphatic heterocycles. The molecule has 2 N–H and O–H groups in total. The monoisotopic (exact) mass is 291 g/mol. The Bertz CT molecular complexity index is 612. The summed E-state index contributed by atoms with van der Waals surface area (Å²) in [6.07, 6.45) is 0. The van der Waals surface area contributed by atoms with Gasteiger partial charge in [0.15, 0.2) is 11.5 Å². The fourth-order valence-corrected chi connectivity index (χ4v) is 1.95. The van der Waals surface area contributed by atoms with E-state index < -0.39 is 0 Å². The highest BCUT2D eigenvalue weighted by molar-refractivity contribution is 5.57. The van der Waals surface area contributed by atoms with Crippen molar-refractivity contribution in [2.45, 2.75) is 6.92 Å². The summed E-state index contributed by atoms with van der Waals surface area (Å²) in [5.74, 6) is 3.12. The summed E-state index contributed by atoms with van der Waals surface area (Å²) in [7, 11) is 4.65. The van der Waals surface area contributed by atoms with Crippen molar-refractivity contribution in [2.24, 2.45) is 0 Å². The van der Waals surface area contributed by atoms with Gasteiger partial charge in [-0.2, -0.15) is 0 Å². The number of methoxy groups -OCH3 is 3. The number of hydrogen-bond acceptors (Lipinski definition) is 4. The lowest BCUT2D eigenvalue weighted by Gasteiger charge is -2.15.